The summed E-state index contributed by atoms with van der Waals surface area (Å²) in [6.45, 7) is 0. The number of aliphatic hydroxyl groups excluding tert-OH is 1. The van der Waals surface area contributed by atoms with Crippen molar-refractivity contribution in [3.05, 3.63) is 47.8 Å². The van der Waals surface area contributed by atoms with Gasteiger partial charge in [0.05, 0.1) is 6.10 Å². The van der Waals surface area contributed by atoms with E-state index in [1.807, 2.05) is 18.2 Å². The molecule has 2 fully saturated rings. The standard InChI is InChI=1S/C17H17FO/c18-15-9-8-14(10-4-1-2-5-11(10)15)17(19)16-12-6-3-7-13(12)16/h1-2,4-5,8-9,12-13,16-17,19H,3,6-7H2. The van der Waals surface area contributed by atoms with Gasteiger partial charge >= 0.3 is 0 Å². The molecular formula is C17H17FO. The maximum absolute atomic E-state index is 13.8. The van der Waals surface area contributed by atoms with Crippen molar-refractivity contribution in [1.29, 1.82) is 0 Å². The summed E-state index contributed by atoms with van der Waals surface area (Å²) in [6.07, 6.45) is 3.39. The van der Waals surface area contributed by atoms with Crippen molar-refractivity contribution < 1.29 is 9.50 Å². The number of aliphatic hydroxyl groups is 1. The van der Waals surface area contributed by atoms with Gasteiger partial charge in [0.25, 0.3) is 0 Å². The van der Waals surface area contributed by atoms with E-state index in [9.17, 15) is 9.50 Å². The highest BCUT2D eigenvalue weighted by atomic mass is 19.1. The van der Waals surface area contributed by atoms with Gasteiger partial charge in [-0.15, -0.1) is 0 Å². The second kappa shape index (κ2) is 4.04. The van der Waals surface area contributed by atoms with Crippen molar-refractivity contribution in [3.8, 4) is 0 Å². The van der Waals surface area contributed by atoms with Crippen LogP contribution in [0.2, 0.25) is 0 Å². The van der Waals surface area contributed by atoms with Crippen molar-refractivity contribution in [2.24, 2.45) is 17.8 Å². The van der Waals surface area contributed by atoms with E-state index < -0.39 is 6.10 Å². The highest BCUT2D eigenvalue weighted by Gasteiger charge is 2.56. The molecule has 4 rings (SSSR count). The summed E-state index contributed by atoms with van der Waals surface area (Å²) in [4.78, 5) is 0. The molecule has 19 heavy (non-hydrogen) atoms. The molecule has 0 aliphatic heterocycles. The average Bonchev–Trinajstić information content (AvgIpc) is 2.92. The maximum Gasteiger partial charge on any atom is 0.131 e. The van der Waals surface area contributed by atoms with Gasteiger partial charge in [-0.1, -0.05) is 36.8 Å². The van der Waals surface area contributed by atoms with Crippen LogP contribution in [0.25, 0.3) is 10.8 Å². The van der Waals surface area contributed by atoms with Crippen molar-refractivity contribution in [3.63, 3.8) is 0 Å². The average molecular weight is 256 g/mol. The van der Waals surface area contributed by atoms with Gasteiger partial charge in [0.2, 0.25) is 0 Å². The van der Waals surface area contributed by atoms with Crippen LogP contribution in [0.5, 0.6) is 0 Å². The van der Waals surface area contributed by atoms with E-state index in [1.54, 1.807) is 12.1 Å². The second-order valence-corrected chi connectivity index (χ2v) is 5.96. The van der Waals surface area contributed by atoms with E-state index in [0.717, 1.165) is 10.9 Å². The SMILES string of the molecule is OC(c1ccc(F)c2ccccc12)C1C2CCCC21. The quantitative estimate of drug-likeness (QED) is 0.859. The minimum absolute atomic E-state index is 0.206. The minimum Gasteiger partial charge on any atom is -0.388 e. The summed E-state index contributed by atoms with van der Waals surface area (Å²) in [7, 11) is 0. The predicted molar refractivity (Wildman–Crippen MR) is 73.2 cm³/mol. The predicted octanol–water partition coefficient (Wildman–Crippen LogP) is 4.06. The lowest BCUT2D eigenvalue weighted by Gasteiger charge is -2.16. The molecule has 0 amide bonds. The van der Waals surface area contributed by atoms with Gasteiger partial charge in [-0.25, -0.2) is 4.39 Å². The van der Waals surface area contributed by atoms with Gasteiger partial charge in [0.15, 0.2) is 0 Å². The summed E-state index contributed by atoms with van der Waals surface area (Å²) < 4.78 is 13.8. The molecule has 2 aromatic rings. The molecule has 3 atom stereocenters. The van der Waals surface area contributed by atoms with Crippen LogP contribution in [0.1, 0.15) is 30.9 Å². The molecule has 2 aromatic carbocycles. The first kappa shape index (κ1) is 11.4. The second-order valence-electron chi connectivity index (χ2n) is 5.96. The lowest BCUT2D eigenvalue weighted by atomic mass is 9.94. The third-order valence-corrected chi connectivity index (χ3v) is 5.06. The molecule has 0 saturated heterocycles. The third kappa shape index (κ3) is 1.63. The van der Waals surface area contributed by atoms with Crippen LogP contribution >= 0.6 is 0 Å². The maximum atomic E-state index is 13.8. The number of hydrogen-bond donors (Lipinski definition) is 1. The Morgan fingerprint density at radius 2 is 1.68 bits per heavy atom. The lowest BCUT2D eigenvalue weighted by Crippen LogP contribution is -2.05. The molecule has 2 aliphatic rings. The summed E-state index contributed by atoms with van der Waals surface area (Å²) in [5.74, 6) is 1.61. The van der Waals surface area contributed by atoms with Gasteiger partial charge in [0.1, 0.15) is 5.82 Å². The first-order valence-corrected chi connectivity index (χ1v) is 7.12. The zero-order chi connectivity index (χ0) is 13.0. The molecule has 2 aliphatic carbocycles. The largest absolute Gasteiger partial charge is 0.388 e. The van der Waals surface area contributed by atoms with Gasteiger partial charge in [-0.2, -0.15) is 0 Å². The molecule has 3 unspecified atom stereocenters. The van der Waals surface area contributed by atoms with E-state index in [2.05, 4.69) is 0 Å². The van der Waals surface area contributed by atoms with E-state index in [0.29, 0.717) is 23.1 Å². The Balaban J connectivity index is 1.77. The number of benzene rings is 2. The molecule has 2 heteroatoms. The molecule has 98 valence electrons. The van der Waals surface area contributed by atoms with Crippen LogP contribution in [0.15, 0.2) is 36.4 Å². The summed E-state index contributed by atoms with van der Waals surface area (Å²) >= 11 is 0. The molecular weight excluding hydrogens is 239 g/mol. The van der Waals surface area contributed by atoms with Crippen molar-refractivity contribution >= 4 is 10.8 Å². The molecule has 0 bridgehead atoms. The normalized spacial score (nSPS) is 30.3. The number of hydrogen-bond acceptors (Lipinski definition) is 1. The number of fused-ring (bicyclic) bond motifs is 2. The highest BCUT2D eigenvalue weighted by molar-refractivity contribution is 5.86. The van der Waals surface area contributed by atoms with E-state index in [1.165, 1.54) is 25.3 Å². The van der Waals surface area contributed by atoms with E-state index in [4.69, 9.17) is 0 Å². The fourth-order valence-electron chi connectivity index (χ4n) is 4.10. The van der Waals surface area contributed by atoms with Gasteiger partial charge < -0.3 is 5.11 Å². The molecule has 2 saturated carbocycles. The van der Waals surface area contributed by atoms with Crippen LogP contribution in [-0.2, 0) is 0 Å². The lowest BCUT2D eigenvalue weighted by molar-refractivity contribution is 0.138. The van der Waals surface area contributed by atoms with E-state index >= 15 is 0 Å². The topological polar surface area (TPSA) is 20.2 Å². The van der Waals surface area contributed by atoms with Crippen molar-refractivity contribution in [2.75, 3.05) is 0 Å². The Labute approximate surface area is 112 Å². The first-order valence-electron chi connectivity index (χ1n) is 7.12. The number of rotatable bonds is 2. The first-order chi connectivity index (χ1) is 9.27. The Kier molecular flexibility index (Phi) is 2.43. The zero-order valence-corrected chi connectivity index (χ0v) is 10.7. The van der Waals surface area contributed by atoms with Crippen LogP contribution in [0.3, 0.4) is 0 Å². The van der Waals surface area contributed by atoms with Crippen LogP contribution in [-0.4, -0.2) is 5.11 Å². The van der Waals surface area contributed by atoms with Crippen LogP contribution in [0.4, 0.5) is 4.39 Å². The molecule has 0 radical (unpaired) electrons. The monoisotopic (exact) mass is 256 g/mol. The molecule has 1 N–H and O–H groups in total. The Morgan fingerprint density at radius 1 is 1.00 bits per heavy atom. The summed E-state index contributed by atoms with van der Waals surface area (Å²) in [5, 5.41) is 12.1. The summed E-state index contributed by atoms with van der Waals surface area (Å²) in [6, 6.07) is 10.7. The van der Waals surface area contributed by atoms with Gasteiger partial charge in [0, 0.05) is 5.39 Å². The summed E-state index contributed by atoms with van der Waals surface area (Å²) in [5.41, 5.74) is 0.899. The van der Waals surface area contributed by atoms with Crippen LogP contribution in [0, 0.1) is 23.6 Å². The van der Waals surface area contributed by atoms with E-state index in [-0.39, 0.29) is 5.82 Å². The smallest absolute Gasteiger partial charge is 0.131 e. The van der Waals surface area contributed by atoms with Crippen LogP contribution < -0.4 is 0 Å². The minimum atomic E-state index is -0.430. The molecule has 1 nitrogen and oxygen atoms in total. The fourth-order valence-corrected chi connectivity index (χ4v) is 4.10. The Hall–Kier alpha value is -1.41. The highest BCUT2D eigenvalue weighted by Crippen LogP contribution is 2.62. The number of halogens is 1. The third-order valence-electron chi connectivity index (χ3n) is 5.06. The van der Waals surface area contributed by atoms with Gasteiger partial charge in [-0.3, -0.25) is 0 Å². The van der Waals surface area contributed by atoms with Gasteiger partial charge in [-0.05, 0) is 47.6 Å². The molecule has 0 spiro atoms. The molecule has 0 aromatic heterocycles. The molecule has 0 heterocycles. The Morgan fingerprint density at radius 3 is 2.42 bits per heavy atom. The zero-order valence-electron chi connectivity index (χ0n) is 10.7. The Bertz CT molecular complexity index is 626. The fraction of sp³-hybridized carbons (Fsp3) is 0.412. The van der Waals surface area contributed by atoms with Crippen molar-refractivity contribution in [1.82, 2.24) is 0 Å². The van der Waals surface area contributed by atoms with Crippen molar-refractivity contribution in [2.45, 2.75) is 25.4 Å².